The Kier molecular flexibility index (Phi) is 6.94. The van der Waals surface area contributed by atoms with Crippen molar-refractivity contribution in [3.8, 4) is 17.5 Å². The highest BCUT2D eigenvalue weighted by atomic mass is 32.2. The van der Waals surface area contributed by atoms with Crippen LogP contribution in [0.25, 0.3) is 5.69 Å². The number of hydrogen-bond acceptors (Lipinski definition) is 7. The zero-order chi connectivity index (χ0) is 24.1. The number of nitrogens with zero attached hydrogens (tertiary/aromatic N) is 6. The summed E-state index contributed by atoms with van der Waals surface area (Å²) < 4.78 is 8.89. The molecule has 2 aromatic carbocycles. The number of hydrogen-bond donors (Lipinski definition) is 1. The first-order valence-corrected chi connectivity index (χ1v) is 11.5. The number of benzene rings is 2. The van der Waals surface area contributed by atoms with Crippen molar-refractivity contribution >= 4 is 23.5 Å². The second kappa shape index (κ2) is 10.2. The molecular formula is C24H23N7O2S. The van der Waals surface area contributed by atoms with Crippen LogP contribution in [0.2, 0.25) is 0 Å². The molecule has 34 heavy (non-hydrogen) atoms. The van der Waals surface area contributed by atoms with E-state index in [9.17, 15) is 10.1 Å². The second-order valence-electron chi connectivity index (χ2n) is 7.50. The molecule has 9 nitrogen and oxygen atoms in total. The van der Waals surface area contributed by atoms with Crippen LogP contribution in [0, 0.1) is 25.2 Å². The molecule has 0 fully saturated rings. The number of nitriles is 1. The Morgan fingerprint density at radius 3 is 2.62 bits per heavy atom. The topological polar surface area (TPSA) is 111 Å². The van der Waals surface area contributed by atoms with Crippen molar-refractivity contribution < 1.29 is 9.53 Å². The SMILES string of the molecule is COc1ccccc1-n1nnnc1SCC(=O)Nc1c(C#N)c(C)c(C)n1Cc1ccccc1. The average molecular weight is 474 g/mol. The van der Waals surface area contributed by atoms with Crippen LogP contribution in [0.1, 0.15) is 22.4 Å². The minimum Gasteiger partial charge on any atom is -0.494 e. The van der Waals surface area contributed by atoms with Crippen LogP contribution in [0.3, 0.4) is 0 Å². The number of rotatable bonds is 8. The highest BCUT2D eigenvalue weighted by Crippen LogP contribution is 2.29. The highest BCUT2D eigenvalue weighted by Gasteiger charge is 2.21. The van der Waals surface area contributed by atoms with Gasteiger partial charge in [-0.3, -0.25) is 4.79 Å². The number of para-hydroxylation sites is 2. The second-order valence-corrected chi connectivity index (χ2v) is 8.44. The fraction of sp³-hybridized carbons (Fsp3) is 0.208. The molecule has 172 valence electrons. The Morgan fingerprint density at radius 2 is 1.88 bits per heavy atom. The molecule has 0 aliphatic rings. The van der Waals surface area contributed by atoms with Crippen molar-refractivity contribution in [3.63, 3.8) is 0 Å². The molecule has 0 unspecified atom stereocenters. The van der Waals surface area contributed by atoms with E-state index in [0.29, 0.717) is 34.5 Å². The Hall–Kier alpha value is -4.10. The Bertz CT molecular complexity index is 1360. The minimum absolute atomic E-state index is 0.0645. The van der Waals surface area contributed by atoms with Crippen LogP contribution in [0.15, 0.2) is 59.8 Å². The predicted molar refractivity (Wildman–Crippen MR) is 129 cm³/mol. The zero-order valence-electron chi connectivity index (χ0n) is 19.0. The molecule has 0 saturated heterocycles. The lowest BCUT2D eigenvalue weighted by Gasteiger charge is -2.13. The molecule has 10 heteroatoms. The first-order chi connectivity index (χ1) is 16.5. The van der Waals surface area contributed by atoms with Gasteiger partial charge in [0.15, 0.2) is 0 Å². The first-order valence-electron chi connectivity index (χ1n) is 10.5. The summed E-state index contributed by atoms with van der Waals surface area (Å²) in [5.74, 6) is 0.915. The van der Waals surface area contributed by atoms with E-state index in [1.54, 1.807) is 7.11 Å². The highest BCUT2D eigenvalue weighted by molar-refractivity contribution is 7.99. The number of carbonyl (C=O) groups is 1. The third-order valence-electron chi connectivity index (χ3n) is 5.47. The predicted octanol–water partition coefficient (Wildman–Crippen LogP) is 3.74. The van der Waals surface area contributed by atoms with Crippen LogP contribution < -0.4 is 10.1 Å². The molecule has 0 bridgehead atoms. The van der Waals surface area contributed by atoms with Gasteiger partial charge in [-0.2, -0.15) is 9.94 Å². The van der Waals surface area contributed by atoms with E-state index >= 15 is 0 Å². The number of thioether (sulfide) groups is 1. The molecule has 1 amide bonds. The van der Waals surface area contributed by atoms with E-state index in [0.717, 1.165) is 16.8 Å². The van der Waals surface area contributed by atoms with E-state index in [1.807, 2.05) is 73.0 Å². The average Bonchev–Trinajstić information content (AvgIpc) is 3.42. The quantitative estimate of drug-likeness (QED) is 0.388. The van der Waals surface area contributed by atoms with Crippen LogP contribution in [-0.2, 0) is 11.3 Å². The summed E-state index contributed by atoms with van der Waals surface area (Å²) in [4.78, 5) is 12.9. The normalized spacial score (nSPS) is 10.6. The molecule has 0 spiro atoms. The Balaban J connectivity index is 1.53. The Morgan fingerprint density at radius 1 is 1.15 bits per heavy atom. The van der Waals surface area contributed by atoms with Crippen LogP contribution in [-0.4, -0.2) is 43.5 Å². The molecule has 2 aromatic heterocycles. The lowest BCUT2D eigenvalue weighted by Crippen LogP contribution is -2.19. The van der Waals surface area contributed by atoms with Crippen molar-refractivity contribution in [1.82, 2.24) is 24.8 Å². The molecule has 0 aliphatic carbocycles. The summed E-state index contributed by atoms with van der Waals surface area (Å²) in [6.45, 7) is 4.39. The smallest absolute Gasteiger partial charge is 0.235 e. The van der Waals surface area contributed by atoms with Crippen molar-refractivity contribution in [2.45, 2.75) is 25.5 Å². The van der Waals surface area contributed by atoms with Gasteiger partial charge in [-0.15, -0.1) is 5.10 Å². The number of ether oxygens (including phenoxy) is 1. The molecule has 0 saturated carbocycles. The largest absolute Gasteiger partial charge is 0.494 e. The first kappa shape index (κ1) is 23.1. The van der Waals surface area contributed by atoms with Crippen LogP contribution >= 0.6 is 11.8 Å². The van der Waals surface area contributed by atoms with E-state index < -0.39 is 0 Å². The number of anilines is 1. The van der Waals surface area contributed by atoms with Crippen molar-refractivity contribution in [3.05, 3.63) is 77.0 Å². The molecule has 4 rings (SSSR count). The number of amides is 1. The number of methoxy groups -OCH3 is 1. The fourth-order valence-corrected chi connectivity index (χ4v) is 4.30. The Labute approximate surface area is 201 Å². The fourth-order valence-electron chi connectivity index (χ4n) is 3.62. The van der Waals surface area contributed by atoms with Crippen molar-refractivity contribution in [1.29, 1.82) is 5.26 Å². The lowest BCUT2D eigenvalue weighted by atomic mass is 10.2. The monoisotopic (exact) mass is 473 g/mol. The standard InChI is InChI=1S/C24H23N7O2S/c1-16-17(2)30(14-18-9-5-4-6-10-18)23(19(16)13-25)26-22(32)15-34-24-27-28-29-31(24)20-11-7-8-12-21(20)33-3/h4-12H,14-15H2,1-3H3,(H,26,32). The summed E-state index contributed by atoms with van der Waals surface area (Å²) >= 11 is 1.20. The van der Waals surface area contributed by atoms with Gasteiger partial charge in [0.1, 0.15) is 23.3 Å². The van der Waals surface area contributed by atoms with E-state index in [-0.39, 0.29) is 11.7 Å². The summed E-state index contributed by atoms with van der Waals surface area (Å²) in [5.41, 5.74) is 3.99. The third kappa shape index (κ3) is 4.65. The van der Waals surface area contributed by atoms with Crippen molar-refractivity contribution in [2.24, 2.45) is 0 Å². The molecule has 0 aliphatic heterocycles. The molecular weight excluding hydrogens is 450 g/mol. The third-order valence-corrected chi connectivity index (χ3v) is 6.39. The molecule has 0 atom stereocenters. The summed E-state index contributed by atoms with van der Waals surface area (Å²) in [7, 11) is 1.57. The minimum atomic E-state index is -0.261. The van der Waals surface area contributed by atoms with Gasteiger partial charge in [-0.25, -0.2) is 0 Å². The number of carbonyl (C=O) groups excluding carboxylic acids is 1. The maximum Gasteiger partial charge on any atom is 0.235 e. The van der Waals surface area contributed by atoms with Gasteiger partial charge < -0.3 is 14.6 Å². The van der Waals surface area contributed by atoms with Gasteiger partial charge in [0.2, 0.25) is 11.1 Å². The van der Waals surface area contributed by atoms with Gasteiger partial charge in [0.05, 0.1) is 18.4 Å². The van der Waals surface area contributed by atoms with E-state index in [1.165, 1.54) is 16.4 Å². The molecule has 4 aromatic rings. The van der Waals surface area contributed by atoms with E-state index in [4.69, 9.17) is 4.74 Å². The summed E-state index contributed by atoms with van der Waals surface area (Å²) in [6, 6.07) is 19.5. The van der Waals surface area contributed by atoms with Crippen LogP contribution in [0.4, 0.5) is 5.82 Å². The number of aromatic nitrogens is 5. The maximum absolute atomic E-state index is 12.9. The summed E-state index contributed by atoms with van der Waals surface area (Å²) in [5, 5.41) is 25.0. The molecule has 1 N–H and O–H groups in total. The van der Waals surface area contributed by atoms with Gasteiger partial charge in [-0.05, 0) is 47.5 Å². The van der Waals surface area contributed by atoms with Crippen LogP contribution in [0.5, 0.6) is 5.75 Å². The molecule has 2 heterocycles. The maximum atomic E-state index is 12.9. The van der Waals surface area contributed by atoms with Gasteiger partial charge in [-0.1, -0.05) is 54.2 Å². The van der Waals surface area contributed by atoms with Gasteiger partial charge >= 0.3 is 0 Å². The van der Waals surface area contributed by atoms with Gasteiger partial charge in [0, 0.05) is 12.2 Å². The lowest BCUT2D eigenvalue weighted by molar-refractivity contribution is -0.113. The number of nitrogens with one attached hydrogen (secondary N) is 1. The number of tetrazole rings is 1. The van der Waals surface area contributed by atoms with Gasteiger partial charge in [0.25, 0.3) is 0 Å². The van der Waals surface area contributed by atoms with E-state index in [2.05, 4.69) is 26.9 Å². The van der Waals surface area contributed by atoms with Crippen molar-refractivity contribution in [2.75, 3.05) is 18.2 Å². The molecule has 0 radical (unpaired) electrons. The summed E-state index contributed by atoms with van der Waals surface area (Å²) in [6.07, 6.45) is 0. The zero-order valence-corrected chi connectivity index (χ0v) is 19.8.